The third-order valence-electron chi connectivity index (χ3n) is 4.93. The van der Waals surface area contributed by atoms with Gasteiger partial charge in [-0.3, -0.25) is 0 Å². The highest BCUT2D eigenvalue weighted by atomic mass is 32.2. The lowest BCUT2D eigenvalue weighted by Crippen LogP contribution is -2.41. The van der Waals surface area contributed by atoms with Crippen LogP contribution >= 0.6 is 0 Å². The van der Waals surface area contributed by atoms with E-state index in [-0.39, 0.29) is 6.54 Å². The van der Waals surface area contributed by atoms with E-state index in [0.717, 1.165) is 12.8 Å². The second-order valence-corrected chi connectivity index (χ2v) is 8.64. The van der Waals surface area contributed by atoms with Crippen LogP contribution in [0, 0.1) is 0 Å². The van der Waals surface area contributed by atoms with E-state index in [0.29, 0.717) is 37.3 Å². The molecule has 2 aliphatic rings. The monoisotopic (exact) mass is 363 g/mol. The van der Waals surface area contributed by atoms with Crippen LogP contribution in [0.5, 0.6) is 0 Å². The summed E-state index contributed by atoms with van der Waals surface area (Å²) in [7, 11) is -3.25. The van der Waals surface area contributed by atoms with Crippen molar-refractivity contribution in [3.05, 3.63) is 47.2 Å². The van der Waals surface area contributed by atoms with Crippen molar-refractivity contribution in [1.82, 2.24) is 14.5 Å². The van der Waals surface area contributed by atoms with E-state index in [4.69, 9.17) is 9.15 Å². The van der Waals surface area contributed by atoms with E-state index in [1.165, 1.54) is 21.7 Å². The molecule has 8 heteroatoms. The Labute approximate surface area is 147 Å². The highest BCUT2D eigenvalue weighted by Gasteiger charge is 2.31. The summed E-state index contributed by atoms with van der Waals surface area (Å²) >= 11 is 0. The molecule has 2 heterocycles. The largest absolute Gasteiger partial charge is 0.422 e. The van der Waals surface area contributed by atoms with Gasteiger partial charge in [0, 0.05) is 19.5 Å². The van der Waals surface area contributed by atoms with Crippen LogP contribution in [0.25, 0.3) is 0 Å². The van der Waals surface area contributed by atoms with Crippen molar-refractivity contribution in [2.24, 2.45) is 0 Å². The molecule has 1 fully saturated rings. The summed E-state index contributed by atoms with van der Waals surface area (Å²) < 4.78 is 36.2. The minimum atomic E-state index is -3.25. The number of hydrogen-bond donors (Lipinski definition) is 0. The summed E-state index contributed by atoms with van der Waals surface area (Å²) in [4.78, 5) is 0. The number of hydrogen-bond acceptors (Lipinski definition) is 6. The fraction of sp³-hybridized carbons (Fsp3) is 0.529. The van der Waals surface area contributed by atoms with Gasteiger partial charge in [0.2, 0.25) is 21.8 Å². The van der Waals surface area contributed by atoms with E-state index in [9.17, 15) is 8.42 Å². The summed E-state index contributed by atoms with van der Waals surface area (Å²) in [5.41, 5.74) is 2.76. The topological polar surface area (TPSA) is 85.5 Å². The molecule has 0 spiro atoms. The van der Waals surface area contributed by atoms with E-state index in [2.05, 4.69) is 34.5 Å². The number of aryl methyl sites for hydroxylation is 1. The van der Waals surface area contributed by atoms with Crippen LogP contribution in [-0.4, -0.2) is 48.9 Å². The first-order valence-electron chi connectivity index (χ1n) is 8.47. The van der Waals surface area contributed by atoms with Gasteiger partial charge in [0.15, 0.2) is 0 Å². The molecule has 1 aliphatic heterocycles. The van der Waals surface area contributed by atoms with Gasteiger partial charge in [-0.05, 0) is 29.9 Å². The molecular formula is C17H21N3O4S. The van der Waals surface area contributed by atoms with Crippen LogP contribution < -0.4 is 0 Å². The van der Waals surface area contributed by atoms with E-state index < -0.39 is 16.1 Å². The number of aromatic nitrogens is 2. The van der Waals surface area contributed by atoms with E-state index in [1.807, 2.05) is 0 Å². The number of nitrogens with zero attached hydrogens (tertiary/aromatic N) is 3. The molecule has 1 aromatic carbocycles. The molecule has 0 radical (unpaired) electrons. The molecule has 0 amide bonds. The molecule has 1 aliphatic carbocycles. The predicted octanol–water partition coefficient (Wildman–Crippen LogP) is 1.67. The Morgan fingerprint density at radius 2 is 2.12 bits per heavy atom. The molecule has 1 saturated heterocycles. The maximum Gasteiger partial charge on any atom is 0.246 e. The number of ether oxygens (including phenoxy) is 1. The van der Waals surface area contributed by atoms with Crippen LogP contribution in [0.2, 0.25) is 0 Å². The first-order chi connectivity index (χ1) is 12.0. The minimum absolute atomic E-state index is 0.215. The summed E-state index contributed by atoms with van der Waals surface area (Å²) in [5.74, 6) is 1.33. The molecule has 7 nitrogen and oxygen atoms in total. The normalized spacial score (nSPS) is 24.4. The molecule has 25 heavy (non-hydrogen) atoms. The summed E-state index contributed by atoms with van der Waals surface area (Å²) in [5, 5.41) is 8.24. The molecule has 1 aromatic heterocycles. The summed E-state index contributed by atoms with van der Waals surface area (Å²) in [6, 6.07) is 8.47. The van der Waals surface area contributed by atoms with Gasteiger partial charge in [-0.2, -0.15) is 4.31 Å². The average Bonchev–Trinajstić information content (AvgIpc) is 3.22. The lowest BCUT2D eigenvalue weighted by atomic mass is 9.98. The van der Waals surface area contributed by atoms with Gasteiger partial charge in [-0.25, -0.2) is 8.42 Å². The predicted molar refractivity (Wildman–Crippen MR) is 90.6 cm³/mol. The molecule has 134 valence electrons. The molecule has 4 rings (SSSR count). The SMILES string of the molecule is CS(=O)(=O)N1CCO[C@H](c2nnc(C[C@H]3CCc4ccccc43)o2)C1. The molecule has 2 atom stereocenters. The Balaban J connectivity index is 1.46. The number of fused-ring (bicyclic) bond motifs is 1. The van der Waals surface area contributed by atoms with Crippen LogP contribution in [0.3, 0.4) is 0 Å². The Morgan fingerprint density at radius 3 is 2.96 bits per heavy atom. The molecular weight excluding hydrogens is 342 g/mol. The molecule has 0 unspecified atom stereocenters. The number of rotatable bonds is 4. The molecule has 0 bridgehead atoms. The highest BCUT2D eigenvalue weighted by molar-refractivity contribution is 7.88. The maximum absolute atomic E-state index is 11.7. The highest BCUT2D eigenvalue weighted by Crippen LogP contribution is 2.35. The van der Waals surface area contributed by atoms with Gasteiger partial charge in [0.25, 0.3) is 0 Å². The Hall–Kier alpha value is -1.77. The average molecular weight is 363 g/mol. The summed E-state index contributed by atoms with van der Waals surface area (Å²) in [6.45, 7) is 0.896. The number of benzene rings is 1. The zero-order valence-electron chi connectivity index (χ0n) is 14.1. The van der Waals surface area contributed by atoms with Gasteiger partial charge < -0.3 is 9.15 Å². The fourth-order valence-corrected chi connectivity index (χ4v) is 4.44. The lowest BCUT2D eigenvalue weighted by molar-refractivity contribution is -0.0176. The van der Waals surface area contributed by atoms with Crippen molar-refractivity contribution in [1.29, 1.82) is 0 Å². The van der Waals surface area contributed by atoms with Crippen molar-refractivity contribution < 1.29 is 17.6 Å². The second-order valence-electron chi connectivity index (χ2n) is 6.65. The van der Waals surface area contributed by atoms with E-state index in [1.54, 1.807) is 0 Å². The van der Waals surface area contributed by atoms with Gasteiger partial charge in [0.05, 0.1) is 12.9 Å². The Morgan fingerprint density at radius 1 is 1.28 bits per heavy atom. The van der Waals surface area contributed by atoms with Crippen molar-refractivity contribution in [2.75, 3.05) is 26.0 Å². The zero-order valence-corrected chi connectivity index (χ0v) is 14.9. The molecule has 0 N–H and O–H groups in total. The third kappa shape index (κ3) is 3.47. The zero-order chi connectivity index (χ0) is 17.4. The lowest BCUT2D eigenvalue weighted by Gasteiger charge is -2.29. The van der Waals surface area contributed by atoms with Gasteiger partial charge in [-0.1, -0.05) is 24.3 Å². The summed E-state index contributed by atoms with van der Waals surface area (Å²) in [6.07, 6.45) is 3.56. The van der Waals surface area contributed by atoms with Crippen LogP contribution in [-0.2, 0) is 27.6 Å². The minimum Gasteiger partial charge on any atom is -0.422 e. The Kier molecular flexibility index (Phi) is 4.35. The Bertz CT molecular complexity index is 864. The standard InChI is InChI=1S/C17H21N3O4S/c1-25(21,22)20-8-9-23-15(11-20)17-19-18-16(24-17)10-13-7-6-12-4-2-3-5-14(12)13/h2-5,13,15H,6-11H2,1H3/t13-,15+/m1/s1. The van der Waals surface area contributed by atoms with Crippen LogP contribution in [0.1, 0.15) is 41.4 Å². The molecule has 2 aromatic rings. The van der Waals surface area contributed by atoms with Crippen molar-refractivity contribution in [2.45, 2.75) is 31.3 Å². The van der Waals surface area contributed by atoms with Crippen molar-refractivity contribution >= 4 is 10.0 Å². The first kappa shape index (κ1) is 16.7. The van der Waals surface area contributed by atoms with Gasteiger partial charge in [0.1, 0.15) is 6.10 Å². The van der Waals surface area contributed by atoms with Crippen LogP contribution in [0.4, 0.5) is 0 Å². The first-order valence-corrected chi connectivity index (χ1v) is 10.3. The van der Waals surface area contributed by atoms with Crippen molar-refractivity contribution in [3.63, 3.8) is 0 Å². The number of morpholine rings is 1. The second kappa shape index (κ2) is 6.51. The number of sulfonamides is 1. The van der Waals surface area contributed by atoms with Gasteiger partial charge in [-0.15, -0.1) is 10.2 Å². The maximum atomic E-state index is 11.7. The van der Waals surface area contributed by atoms with Crippen molar-refractivity contribution in [3.8, 4) is 0 Å². The van der Waals surface area contributed by atoms with E-state index >= 15 is 0 Å². The third-order valence-corrected chi connectivity index (χ3v) is 6.20. The smallest absolute Gasteiger partial charge is 0.246 e. The van der Waals surface area contributed by atoms with Crippen LogP contribution in [0.15, 0.2) is 28.7 Å². The van der Waals surface area contributed by atoms with Gasteiger partial charge >= 0.3 is 0 Å². The molecule has 0 saturated carbocycles. The quantitative estimate of drug-likeness (QED) is 0.821. The fourth-order valence-electron chi connectivity index (χ4n) is 3.62.